The van der Waals surface area contributed by atoms with Crippen molar-refractivity contribution in [2.75, 3.05) is 6.54 Å². The molecule has 0 radical (unpaired) electrons. The molecular weight excluding hydrogens is 286 g/mol. The van der Waals surface area contributed by atoms with E-state index in [4.69, 9.17) is 0 Å². The molecule has 1 aliphatic rings. The van der Waals surface area contributed by atoms with E-state index in [1.165, 1.54) is 0 Å². The van der Waals surface area contributed by atoms with Gasteiger partial charge in [0.05, 0.1) is 0 Å². The van der Waals surface area contributed by atoms with Crippen molar-refractivity contribution in [1.82, 2.24) is 4.90 Å². The van der Waals surface area contributed by atoms with E-state index in [0.29, 0.717) is 17.7 Å². The van der Waals surface area contributed by atoms with Crippen molar-refractivity contribution in [3.63, 3.8) is 0 Å². The molecule has 1 atom stereocenters. The van der Waals surface area contributed by atoms with Crippen LogP contribution in [0.4, 0.5) is 0 Å². The Labute approximate surface area is 134 Å². The van der Waals surface area contributed by atoms with Gasteiger partial charge in [0, 0.05) is 28.6 Å². The molecule has 1 unspecified atom stereocenters. The molecule has 0 spiro atoms. The SMILES string of the molecule is CCN1C(=O)c2cccc3cccc(c23)C1(O)c1ccccc1. The minimum Gasteiger partial charge on any atom is -0.363 e. The summed E-state index contributed by atoms with van der Waals surface area (Å²) in [5, 5.41) is 13.5. The summed E-state index contributed by atoms with van der Waals surface area (Å²) in [5.41, 5.74) is 0.678. The van der Waals surface area contributed by atoms with Crippen LogP contribution in [-0.4, -0.2) is 22.5 Å². The highest BCUT2D eigenvalue weighted by molar-refractivity contribution is 6.11. The third-order valence-corrected chi connectivity index (χ3v) is 4.64. The summed E-state index contributed by atoms with van der Waals surface area (Å²) in [5.74, 6) is -0.136. The third-order valence-electron chi connectivity index (χ3n) is 4.64. The van der Waals surface area contributed by atoms with Gasteiger partial charge in [0.15, 0.2) is 5.72 Å². The number of carbonyl (C=O) groups is 1. The summed E-state index contributed by atoms with van der Waals surface area (Å²) in [7, 11) is 0. The van der Waals surface area contributed by atoms with Crippen LogP contribution >= 0.6 is 0 Å². The zero-order valence-corrected chi connectivity index (χ0v) is 12.9. The summed E-state index contributed by atoms with van der Waals surface area (Å²) >= 11 is 0. The summed E-state index contributed by atoms with van der Waals surface area (Å²) in [6.07, 6.45) is 0. The van der Waals surface area contributed by atoms with Crippen LogP contribution in [0.1, 0.15) is 28.4 Å². The Morgan fingerprint density at radius 2 is 1.65 bits per heavy atom. The largest absolute Gasteiger partial charge is 0.363 e. The molecule has 1 aliphatic heterocycles. The van der Waals surface area contributed by atoms with Crippen LogP contribution in [0.3, 0.4) is 0 Å². The Balaban J connectivity index is 2.14. The van der Waals surface area contributed by atoms with E-state index < -0.39 is 5.72 Å². The maximum absolute atomic E-state index is 13.0. The fraction of sp³-hybridized carbons (Fsp3) is 0.150. The number of benzene rings is 3. The van der Waals surface area contributed by atoms with Gasteiger partial charge in [0.2, 0.25) is 0 Å². The first-order valence-corrected chi connectivity index (χ1v) is 7.80. The molecule has 0 fully saturated rings. The fourth-order valence-electron chi connectivity index (χ4n) is 3.60. The van der Waals surface area contributed by atoms with Gasteiger partial charge in [-0.1, -0.05) is 60.7 Å². The Morgan fingerprint density at radius 3 is 2.35 bits per heavy atom. The minimum absolute atomic E-state index is 0.136. The van der Waals surface area contributed by atoms with E-state index >= 15 is 0 Å². The van der Waals surface area contributed by atoms with E-state index in [0.717, 1.165) is 16.3 Å². The highest BCUT2D eigenvalue weighted by Gasteiger charge is 2.45. The van der Waals surface area contributed by atoms with Gasteiger partial charge < -0.3 is 10.0 Å². The van der Waals surface area contributed by atoms with E-state index in [9.17, 15) is 9.90 Å². The summed E-state index contributed by atoms with van der Waals surface area (Å²) < 4.78 is 0. The number of hydrogen-bond donors (Lipinski definition) is 1. The summed E-state index contributed by atoms with van der Waals surface area (Å²) in [4.78, 5) is 14.5. The predicted molar refractivity (Wildman–Crippen MR) is 90.1 cm³/mol. The van der Waals surface area contributed by atoms with Crippen molar-refractivity contribution in [1.29, 1.82) is 0 Å². The van der Waals surface area contributed by atoms with Crippen LogP contribution in [0.2, 0.25) is 0 Å². The first-order valence-electron chi connectivity index (χ1n) is 7.80. The molecule has 1 amide bonds. The van der Waals surface area contributed by atoms with Crippen molar-refractivity contribution in [3.05, 3.63) is 83.4 Å². The van der Waals surface area contributed by atoms with Gasteiger partial charge in [-0.15, -0.1) is 0 Å². The zero-order chi connectivity index (χ0) is 16.0. The van der Waals surface area contributed by atoms with Crippen molar-refractivity contribution in [2.24, 2.45) is 0 Å². The maximum atomic E-state index is 13.0. The molecule has 3 heteroatoms. The van der Waals surface area contributed by atoms with Crippen LogP contribution < -0.4 is 0 Å². The Bertz CT molecular complexity index is 899. The molecule has 1 heterocycles. The van der Waals surface area contributed by atoms with Gasteiger partial charge in [-0.05, 0) is 18.4 Å². The van der Waals surface area contributed by atoms with Crippen molar-refractivity contribution in [2.45, 2.75) is 12.6 Å². The van der Waals surface area contributed by atoms with Gasteiger partial charge in [0.1, 0.15) is 0 Å². The predicted octanol–water partition coefficient (Wildman–Crippen LogP) is 3.51. The number of amides is 1. The quantitative estimate of drug-likeness (QED) is 0.787. The average Bonchev–Trinajstić information content (AvgIpc) is 2.61. The Kier molecular flexibility index (Phi) is 3.00. The fourth-order valence-corrected chi connectivity index (χ4v) is 3.60. The number of rotatable bonds is 2. The van der Waals surface area contributed by atoms with E-state index in [-0.39, 0.29) is 5.91 Å². The van der Waals surface area contributed by atoms with Crippen molar-refractivity contribution >= 4 is 16.7 Å². The number of aliphatic hydroxyl groups is 1. The lowest BCUT2D eigenvalue weighted by Crippen LogP contribution is -2.52. The lowest BCUT2D eigenvalue weighted by atomic mass is 9.83. The number of nitrogens with zero attached hydrogens (tertiary/aromatic N) is 1. The van der Waals surface area contributed by atoms with Crippen LogP contribution in [0.25, 0.3) is 10.8 Å². The minimum atomic E-state index is -1.44. The smallest absolute Gasteiger partial charge is 0.257 e. The van der Waals surface area contributed by atoms with Crippen molar-refractivity contribution < 1.29 is 9.90 Å². The molecule has 0 aliphatic carbocycles. The lowest BCUT2D eigenvalue weighted by Gasteiger charge is -2.43. The van der Waals surface area contributed by atoms with Gasteiger partial charge in [-0.3, -0.25) is 4.79 Å². The highest BCUT2D eigenvalue weighted by atomic mass is 16.3. The van der Waals surface area contributed by atoms with Crippen LogP contribution in [0.15, 0.2) is 66.7 Å². The molecule has 114 valence electrons. The molecule has 4 rings (SSSR count). The normalized spacial score (nSPS) is 20.1. The molecule has 3 nitrogen and oxygen atoms in total. The van der Waals surface area contributed by atoms with Gasteiger partial charge >= 0.3 is 0 Å². The monoisotopic (exact) mass is 303 g/mol. The van der Waals surface area contributed by atoms with E-state index in [1.54, 1.807) is 4.90 Å². The molecule has 0 saturated heterocycles. The average molecular weight is 303 g/mol. The molecule has 0 bridgehead atoms. The van der Waals surface area contributed by atoms with E-state index in [2.05, 4.69) is 0 Å². The molecular formula is C20H17NO2. The lowest BCUT2D eigenvalue weighted by molar-refractivity contribution is -0.0596. The third kappa shape index (κ3) is 1.77. The molecule has 0 aromatic heterocycles. The van der Waals surface area contributed by atoms with Gasteiger partial charge in [-0.2, -0.15) is 0 Å². The highest BCUT2D eigenvalue weighted by Crippen LogP contribution is 2.43. The summed E-state index contributed by atoms with van der Waals surface area (Å²) in [6.45, 7) is 2.31. The van der Waals surface area contributed by atoms with Crippen molar-refractivity contribution in [3.8, 4) is 0 Å². The topological polar surface area (TPSA) is 40.5 Å². The first-order chi connectivity index (χ1) is 11.2. The zero-order valence-electron chi connectivity index (χ0n) is 12.9. The summed E-state index contributed by atoms with van der Waals surface area (Å²) in [6, 6.07) is 20.9. The molecule has 3 aromatic carbocycles. The van der Waals surface area contributed by atoms with Crippen LogP contribution in [0, 0.1) is 0 Å². The standard InChI is InChI=1S/C20H17NO2/c1-2-21-19(22)16-12-6-8-14-9-7-13-17(18(14)16)20(21,23)15-10-4-3-5-11-15/h3-13,23H,2H2,1H3. The second kappa shape index (κ2) is 4.93. The number of carbonyl (C=O) groups excluding carboxylic acids is 1. The Hall–Kier alpha value is -2.65. The maximum Gasteiger partial charge on any atom is 0.257 e. The molecule has 1 N–H and O–H groups in total. The number of hydrogen-bond acceptors (Lipinski definition) is 2. The molecule has 0 saturated carbocycles. The van der Waals surface area contributed by atoms with Gasteiger partial charge in [-0.25, -0.2) is 0 Å². The molecule has 3 aromatic rings. The van der Waals surface area contributed by atoms with Crippen LogP contribution in [-0.2, 0) is 5.72 Å². The second-order valence-corrected chi connectivity index (χ2v) is 5.80. The first kappa shape index (κ1) is 14.0. The Morgan fingerprint density at radius 1 is 0.957 bits per heavy atom. The van der Waals surface area contributed by atoms with E-state index in [1.807, 2.05) is 73.7 Å². The van der Waals surface area contributed by atoms with Crippen LogP contribution in [0.5, 0.6) is 0 Å². The second-order valence-electron chi connectivity index (χ2n) is 5.80. The van der Waals surface area contributed by atoms with Gasteiger partial charge in [0.25, 0.3) is 5.91 Å². The molecule has 23 heavy (non-hydrogen) atoms.